The van der Waals surface area contributed by atoms with Crippen LogP contribution in [0.2, 0.25) is 0 Å². The average molecular weight is 183 g/mol. The molecule has 0 saturated carbocycles. The Balaban J connectivity index is 1.89. The Kier molecular flexibility index (Phi) is 4.83. The fraction of sp³-hybridized carbons (Fsp3) is 0.900. The fourth-order valence-electron chi connectivity index (χ4n) is 1.47. The number of nitrogens with zero attached hydrogens (tertiary/aromatic N) is 2. The van der Waals surface area contributed by atoms with E-state index in [1.807, 2.05) is 0 Å². The lowest BCUT2D eigenvalue weighted by Gasteiger charge is -2.09. The van der Waals surface area contributed by atoms with Gasteiger partial charge >= 0.3 is 0 Å². The summed E-state index contributed by atoms with van der Waals surface area (Å²) in [6.07, 6.45) is 4.91. The minimum atomic E-state index is 1.03. The minimum Gasteiger partial charge on any atom is -0.374 e. The molecule has 1 heterocycles. The summed E-state index contributed by atoms with van der Waals surface area (Å²) in [4.78, 5) is 6.59. The van der Waals surface area contributed by atoms with Gasteiger partial charge in [-0.2, -0.15) is 0 Å². The molecule has 3 nitrogen and oxygen atoms in total. The first-order chi connectivity index (χ1) is 6.29. The number of amidine groups is 1. The Bertz CT molecular complexity index is 164. The van der Waals surface area contributed by atoms with E-state index in [1.54, 1.807) is 0 Å². The summed E-state index contributed by atoms with van der Waals surface area (Å²) in [5.41, 5.74) is 0. The van der Waals surface area contributed by atoms with E-state index in [1.165, 1.54) is 31.6 Å². The molecule has 0 saturated heterocycles. The summed E-state index contributed by atoms with van der Waals surface area (Å²) < 4.78 is 0. The predicted molar refractivity (Wildman–Crippen MR) is 57.3 cm³/mol. The third-order valence-corrected chi connectivity index (χ3v) is 2.24. The number of rotatable bonds is 5. The van der Waals surface area contributed by atoms with Crippen LogP contribution in [-0.2, 0) is 0 Å². The molecule has 0 aromatic carbocycles. The summed E-state index contributed by atoms with van der Waals surface area (Å²) in [5.74, 6) is 1.23. The van der Waals surface area contributed by atoms with Gasteiger partial charge in [0.2, 0.25) is 0 Å². The van der Waals surface area contributed by atoms with Crippen molar-refractivity contribution in [2.45, 2.75) is 25.7 Å². The first kappa shape index (κ1) is 10.5. The van der Waals surface area contributed by atoms with Crippen LogP contribution in [0.25, 0.3) is 0 Å². The van der Waals surface area contributed by atoms with E-state index in [9.17, 15) is 0 Å². The molecule has 0 bridgehead atoms. The normalized spacial score (nSPS) is 16.4. The van der Waals surface area contributed by atoms with Gasteiger partial charge in [-0.3, -0.25) is 4.99 Å². The van der Waals surface area contributed by atoms with Crippen LogP contribution in [0.1, 0.15) is 25.7 Å². The molecule has 0 aliphatic carbocycles. The van der Waals surface area contributed by atoms with E-state index in [4.69, 9.17) is 0 Å². The molecule has 0 atom stereocenters. The van der Waals surface area contributed by atoms with Crippen LogP contribution in [0.3, 0.4) is 0 Å². The number of nitrogens with one attached hydrogen (secondary N) is 1. The zero-order valence-electron chi connectivity index (χ0n) is 8.84. The second-order valence-corrected chi connectivity index (χ2v) is 3.87. The minimum absolute atomic E-state index is 1.03. The fourth-order valence-corrected chi connectivity index (χ4v) is 1.47. The smallest absolute Gasteiger partial charge is 0.0963 e. The molecule has 1 aliphatic rings. The molecule has 13 heavy (non-hydrogen) atoms. The molecular weight excluding hydrogens is 162 g/mol. The van der Waals surface area contributed by atoms with E-state index in [2.05, 4.69) is 29.3 Å². The number of hydrogen-bond acceptors (Lipinski definition) is 3. The molecule has 0 fully saturated rings. The second kappa shape index (κ2) is 5.97. The number of hydrogen-bond donors (Lipinski definition) is 1. The predicted octanol–water partition coefficient (Wildman–Crippen LogP) is 1.11. The Labute approximate surface area is 81.2 Å². The van der Waals surface area contributed by atoms with Crippen molar-refractivity contribution in [2.75, 3.05) is 33.7 Å². The van der Waals surface area contributed by atoms with Crippen LogP contribution in [0.15, 0.2) is 4.99 Å². The van der Waals surface area contributed by atoms with E-state index < -0.39 is 0 Å². The van der Waals surface area contributed by atoms with Gasteiger partial charge in [0.15, 0.2) is 0 Å². The third kappa shape index (κ3) is 4.88. The summed E-state index contributed by atoms with van der Waals surface area (Å²) in [6.45, 7) is 3.31. The lowest BCUT2D eigenvalue weighted by Crippen LogP contribution is -2.23. The van der Waals surface area contributed by atoms with Crippen LogP contribution in [0, 0.1) is 0 Å². The van der Waals surface area contributed by atoms with Gasteiger partial charge in [0.1, 0.15) is 0 Å². The molecule has 1 aliphatic heterocycles. The molecule has 1 rings (SSSR count). The van der Waals surface area contributed by atoms with Crippen molar-refractivity contribution in [3.05, 3.63) is 0 Å². The van der Waals surface area contributed by atoms with Crippen molar-refractivity contribution in [2.24, 2.45) is 4.99 Å². The van der Waals surface area contributed by atoms with Gasteiger partial charge in [-0.05, 0) is 39.9 Å². The monoisotopic (exact) mass is 183 g/mol. The maximum Gasteiger partial charge on any atom is 0.0963 e. The van der Waals surface area contributed by atoms with E-state index in [0.717, 1.165) is 19.5 Å². The topological polar surface area (TPSA) is 27.6 Å². The molecule has 0 spiro atoms. The van der Waals surface area contributed by atoms with Gasteiger partial charge in [-0.1, -0.05) is 0 Å². The van der Waals surface area contributed by atoms with E-state index in [0.29, 0.717) is 0 Å². The third-order valence-electron chi connectivity index (χ3n) is 2.24. The van der Waals surface area contributed by atoms with Crippen molar-refractivity contribution in [3.63, 3.8) is 0 Å². The van der Waals surface area contributed by atoms with Crippen LogP contribution in [-0.4, -0.2) is 44.5 Å². The molecule has 0 unspecified atom stereocenters. The van der Waals surface area contributed by atoms with Gasteiger partial charge < -0.3 is 10.2 Å². The molecule has 3 heteroatoms. The zero-order valence-corrected chi connectivity index (χ0v) is 8.84. The molecule has 1 N–H and O–H groups in total. The van der Waals surface area contributed by atoms with Crippen molar-refractivity contribution >= 4 is 5.84 Å². The molecule has 0 aromatic rings. The molecule has 76 valence electrons. The first-order valence-electron chi connectivity index (χ1n) is 5.21. The van der Waals surface area contributed by atoms with Crippen molar-refractivity contribution in [3.8, 4) is 0 Å². The summed E-state index contributed by atoms with van der Waals surface area (Å²) in [5, 5.41) is 3.39. The lowest BCUT2D eigenvalue weighted by molar-refractivity contribution is 0.394. The standard InChI is InChI=1S/C10H21N3/c1-13(2)9-4-3-7-11-10-6-5-8-12-10/h3-9H2,1-2H3,(H,11,12). The molecule has 0 radical (unpaired) electrons. The van der Waals surface area contributed by atoms with Gasteiger partial charge in [0.25, 0.3) is 0 Å². The van der Waals surface area contributed by atoms with Gasteiger partial charge in [-0.15, -0.1) is 0 Å². The Morgan fingerprint density at radius 3 is 2.85 bits per heavy atom. The Morgan fingerprint density at radius 2 is 2.23 bits per heavy atom. The lowest BCUT2D eigenvalue weighted by atomic mass is 10.3. The largest absolute Gasteiger partial charge is 0.374 e. The number of aliphatic imine (C=N–C) groups is 1. The van der Waals surface area contributed by atoms with Gasteiger partial charge in [0, 0.05) is 19.5 Å². The highest BCUT2D eigenvalue weighted by molar-refractivity contribution is 5.83. The van der Waals surface area contributed by atoms with Crippen molar-refractivity contribution in [1.82, 2.24) is 10.2 Å². The molecule has 0 aromatic heterocycles. The van der Waals surface area contributed by atoms with Crippen LogP contribution in [0.5, 0.6) is 0 Å². The SMILES string of the molecule is CN(C)CCCCNC1=NCCC1. The van der Waals surface area contributed by atoms with Gasteiger partial charge in [0.05, 0.1) is 5.84 Å². The van der Waals surface area contributed by atoms with Crippen LogP contribution < -0.4 is 5.32 Å². The molecule has 0 amide bonds. The van der Waals surface area contributed by atoms with Crippen molar-refractivity contribution < 1.29 is 0 Å². The number of unbranched alkanes of at least 4 members (excludes halogenated alkanes) is 1. The summed E-state index contributed by atoms with van der Waals surface area (Å²) in [6, 6.07) is 0. The van der Waals surface area contributed by atoms with Crippen LogP contribution >= 0.6 is 0 Å². The van der Waals surface area contributed by atoms with E-state index in [-0.39, 0.29) is 0 Å². The average Bonchev–Trinajstić information content (AvgIpc) is 2.55. The quantitative estimate of drug-likeness (QED) is 0.647. The van der Waals surface area contributed by atoms with Crippen LogP contribution in [0.4, 0.5) is 0 Å². The maximum atomic E-state index is 4.36. The first-order valence-corrected chi connectivity index (χ1v) is 5.21. The Hall–Kier alpha value is -0.570. The summed E-state index contributed by atoms with van der Waals surface area (Å²) >= 11 is 0. The highest BCUT2D eigenvalue weighted by Gasteiger charge is 2.03. The van der Waals surface area contributed by atoms with E-state index >= 15 is 0 Å². The molecular formula is C10H21N3. The highest BCUT2D eigenvalue weighted by atomic mass is 15.0. The highest BCUT2D eigenvalue weighted by Crippen LogP contribution is 2.01. The maximum absolute atomic E-state index is 4.36. The zero-order chi connectivity index (χ0) is 9.52. The second-order valence-electron chi connectivity index (χ2n) is 3.87. The Morgan fingerprint density at radius 1 is 1.38 bits per heavy atom. The summed E-state index contributed by atoms with van der Waals surface area (Å²) in [7, 11) is 4.24. The van der Waals surface area contributed by atoms with Gasteiger partial charge in [-0.25, -0.2) is 0 Å². The van der Waals surface area contributed by atoms with Crippen molar-refractivity contribution in [1.29, 1.82) is 0 Å².